The van der Waals surface area contributed by atoms with E-state index in [4.69, 9.17) is 0 Å². The van der Waals surface area contributed by atoms with Crippen molar-refractivity contribution in [1.29, 1.82) is 5.26 Å². The van der Waals surface area contributed by atoms with Gasteiger partial charge in [0.1, 0.15) is 5.78 Å². The van der Waals surface area contributed by atoms with Crippen LogP contribution in [0.2, 0.25) is 0 Å². The maximum atomic E-state index is 11.2. The lowest BCUT2D eigenvalue weighted by Crippen LogP contribution is -2.34. The molecule has 2 nitrogen and oxygen atoms in total. The molecule has 0 saturated heterocycles. The van der Waals surface area contributed by atoms with Crippen LogP contribution < -0.4 is 0 Å². The molecule has 0 spiro atoms. The largest absolute Gasteiger partial charge is 0.300 e. The number of ketones is 1. The van der Waals surface area contributed by atoms with E-state index in [1.165, 1.54) is 0 Å². The van der Waals surface area contributed by atoms with E-state index >= 15 is 0 Å². The molecule has 15 heavy (non-hydrogen) atoms. The van der Waals surface area contributed by atoms with Gasteiger partial charge in [0.15, 0.2) is 0 Å². The molecule has 0 aromatic heterocycles. The number of carbonyl (C=O) groups excluding carboxylic acids is 1. The van der Waals surface area contributed by atoms with Crippen molar-refractivity contribution in [3.63, 3.8) is 0 Å². The number of allylic oxidation sites excluding steroid dienone is 2. The number of nitrogens with zero attached hydrogens (tertiary/aromatic N) is 1. The summed E-state index contributed by atoms with van der Waals surface area (Å²) in [7, 11) is 0. The van der Waals surface area contributed by atoms with Gasteiger partial charge in [-0.3, -0.25) is 4.79 Å². The Hall–Kier alpha value is -1.10. The molecule has 0 amide bonds. The SMILES string of the molecule is N#CC1(C2CC=CCC2)CCC(=O)CC1. The van der Waals surface area contributed by atoms with Crippen molar-refractivity contribution in [2.75, 3.05) is 0 Å². The van der Waals surface area contributed by atoms with Gasteiger partial charge in [-0.15, -0.1) is 0 Å². The standard InChI is InChI=1S/C13H17NO/c14-10-13(8-6-12(15)7-9-13)11-4-2-1-3-5-11/h1-2,11H,3-9H2. The molecule has 80 valence electrons. The predicted molar refractivity (Wildman–Crippen MR) is 58.0 cm³/mol. The van der Waals surface area contributed by atoms with Gasteiger partial charge in [-0.25, -0.2) is 0 Å². The molecular formula is C13H17NO. The second-order valence-corrected chi connectivity index (χ2v) is 4.79. The minimum Gasteiger partial charge on any atom is -0.300 e. The van der Waals surface area contributed by atoms with Gasteiger partial charge in [-0.2, -0.15) is 5.26 Å². The number of hydrogen-bond acceptors (Lipinski definition) is 2. The molecule has 2 aliphatic carbocycles. The van der Waals surface area contributed by atoms with Crippen molar-refractivity contribution in [3.8, 4) is 6.07 Å². The van der Waals surface area contributed by atoms with Crippen LogP contribution in [0.15, 0.2) is 12.2 Å². The number of nitriles is 1. The first-order valence-electron chi connectivity index (χ1n) is 5.85. The second kappa shape index (κ2) is 4.18. The first-order valence-corrected chi connectivity index (χ1v) is 5.85. The maximum Gasteiger partial charge on any atom is 0.133 e. The predicted octanol–water partition coefficient (Wildman–Crippen LogP) is 3.00. The van der Waals surface area contributed by atoms with Crippen LogP contribution in [0.5, 0.6) is 0 Å². The Kier molecular flexibility index (Phi) is 2.90. The van der Waals surface area contributed by atoms with Gasteiger partial charge in [0.2, 0.25) is 0 Å². The van der Waals surface area contributed by atoms with Crippen LogP contribution in [0.4, 0.5) is 0 Å². The van der Waals surface area contributed by atoms with E-state index in [1.54, 1.807) is 0 Å². The maximum absolute atomic E-state index is 11.2. The summed E-state index contributed by atoms with van der Waals surface area (Å²) in [6.45, 7) is 0. The lowest BCUT2D eigenvalue weighted by atomic mass is 9.63. The molecule has 0 radical (unpaired) electrons. The van der Waals surface area contributed by atoms with E-state index in [2.05, 4.69) is 18.2 Å². The van der Waals surface area contributed by atoms with Crippen molar-refractivity contribution in [1.82, 2.24) is 0 Å². The Morgan fingerprint density at radius 3 is 2.60 bits per heavy atom. The highest BCUT2D eigenvalue weighted by Crippen LogP contribution is 2.45. The van der Waals surface area contributed by atoms with E-state index in [1.807, 2.05) is 0 Å². The van der Waals surface area contributed by atoms with Gasteiger partial charge in [0.25, 0.3) is 0 Å². The fourth-order valence-corrected chi connectivity index (χ4v) is 2.88. The molecule has 0 N–H and O–H groups in total. The number of rotatable bonds is 1. The van der Waals surface area contributed by atoms with Gasteiger partial charge in [-0.05, 0) is 38.0 Å². The Labute approximate surface area is 91.0 Å². The molecule has 2 aliphatic rings. The van der Waals surface area contributed by atoms with Crippen molar-refractivity contribution >= 4 is 5.78 Å². The summed E-state index contributed by atoms with van der Waals surface area (Å²) in [6.07, 6.45) is 10.5. The van der Waals surface area contributed by atoms with Gasteiger partial charge in [0.05, 0.1) is 11.5 Å². The zero-order chi connectivity index (χ0) is 10.7. The number of hydrogen-bond donors (Lipinski definition) is 0. The Morgan fingerprint density at radius 2 is 2.07 bits per heavy atom. The Bertz CT molecular complexity index is 314. The van der Waals surface area contributed by atoms with E-state index in [0.717, 1.165) is 32.1 Å². The zero-order valence-electron chi connectivity index (χ0n) is 9.04. The first kappa shape index (κ1) is 10.4. The van der Waals surface area contributed by atoms with Crippen molar-refractivity contribution in [2.24, 2.45) is 11.3 Å². The van der Waals surface area contributed by atoms with Crippen LogP contribution in [0.1, 0.15) is 44.9 Å². The average Bonchev–Trinajstić information content (AvgIpc) is 2.32. The molecule has 1 atom stereocenters. The molecular weight excluding hydrogens is 186 g/mol. The molecule has 1 saturated carbocycles. The third kappa shape index (κ3) is 1.97. The first-order chi connectivity index (χ1) is 7.27. The Morgan fingerprint density at radius 1 is 1.33 bits per heavy atom. The van der Waals surface area contributed by atoms with Crippen LogP contribution in [0, 0.1) is 22.7 Å². The van der Waals surface area contributed by atoms with Crippen LogP contribution in [0.25, 0.3) is 0 Å². The number of carbonyl (C=O) groups is 1. The molecule has 0 bridgehead atoms. The highest BCUT2D eigenvalue weighted by atomic mass is 16.1. The quantitative estimate of drug-likeness (QED) is 0.615. The van der Waals surface area contributed by atoms with Crippen LogP contribution in [-0.4, -0.2) is 5.78 Å². The van der Waals surface area contributed by atoms with Crippen molar-refractivity contribution in [2.45, 2.75) is 44.9 Å². The summed E-state index contributed by atoms with van der Waals surface area (Å²) < 4.78 is 0. The van der Waals surface area contributed by atoms with Crippen LogP contribution in [-0.2, 0) is 4.79 Å². The summed E-state index contributed by atoms with van der Waals surface area (Å²) >= 11 is 0. The lowest BCUT2D eigenvalue weighted by Gasteiger charge is -2.38. The fraction of sp³-hybridized carbons (Fsp3) is 0.692. The van der Waals surface area contributed by atoms with Crippen molar-refractivity contribution < 1.29 is 4.79 Å². The minimum absolute atomic E-state index is 0.196. The van der Waals surface area contributed by atoms with Gasteiger partial charge in [0, 0.05) is 12.8 Å². The van der Waals surface area contributed by atoms with Gasteiger partial charge < -0.3 is 0 Å². The van der Waals surface area contributed by atoms with Crippen molar-refractivity contribution in [3.05, 3.63) is 12.2 Å². The monoisotopic (exact) mass is 203 g/mol. The summed E-state index contributed by atoms with van der Waals surface area (Å²) in [4.78, 5) is 11.2. The molecule has 1 unspecified atom stereocenters. The lowest BCUT2D eigenvalue weighted by molar-refractivity contribution is -0.122. The second-order valence-electron chi connectivity index (χ2n) is 4.79. The van der Waals surface area contributed by atoms with Crippen LogP contribution in [0.3, 0.4) is 0 Å². The summed E-state index contributed by atoms with van der Waals surface area (Å²) in [6, 6.07) is 2.52. The van der Waals surface area contributed by atoms with E-state index < -0.39 is 0 Å². The van der Waals surface area contributed by atoms with Gasteiger partial charge >= 0.3 is 0 Å². The third-order valence-corrected chi connectivity index (χ3v) is 3.97. The smallest absolute Gasteiger partial charge is 0.133 e. The normalized spacial score (nSPS) is 29.8. The molecule has 0 heterocycles. The van der Waals surface area contributed by atoms with E-state index in [9.17, 15) is 10.1 Å². The minimum atomic E-state index is -0.196. The molecule has 2 heteroatoms. The zero-order valence-corrected chi connectivity index (χ0v) is 9.04. The fourth-order valence-electron chi connectivity index (χ4n) is 2.88. The summed E-state index contributed by atoms with van der Waals surface area (Å²) in [5.41, 5.74) is -0.196. The molecule has 2 rings (SSSR count). The third-order valence-electron chi connectivity index (χ3n) is 3.97. The Balaban J connectivity index is 2.11. The molecule has 1 fully saturated rings. The highest BCUT2D eigenvalue weighted by Gasteiger charge is 2.41. The van der Waals surface area contributed by atoms with Crippen LogP contribution >= 0.6 is 0 Å². The topological polar surface area (TPSA) is 40.9 Å². The van der Waals surface area contributed by atoms with E-state index in [-0.39, 0.29) is 5.41 Å². The molecule has 0 aromatic rings. The molecule has 0 aliphatic heterocycles. The summed E-state index contributed by atoms with van der Waals surface area (Å²) in [5.74, 6) is 0.827. The molecule has 0 aromatic carbocycles. The summed E-state index contributed by atoms with van der Waals surface area (Å²) in [5, 5.41) is 9.39. The number of Topliss-reactive ketones (excluding diaryl/α,β-unsaturated/α-hetero) is 1. The highest BCUT2D eigenvalue weighted by molar-refractivity contribution is 5.79. The van der Waals surface area contributed by atoms with E-state index in [0.29, 0.717) is 24.5 Å². The van der Waals surface area contributed by atoms with Gasteiger partial charge in [-0.1, -0.05) is 12.2 Å². The average molecular weight is 203 g/mol.